The summed E-state index contributed by atoms with van der Waals surface area (Å²) in [5.41, 5.74) is 7.22. The quantitative estimate of drug-likeness (QED) is 0.873. The summed E-state index contributed by atoms with van der Waals surface area (Å²) < 4.78 is 0. The maximum Gasteiger partial charge on any atom is 0.251 e. The SMILES string of the molecule is CCc1cc(C(=O)NC2CCN(C)CC2C)cc(N)n1. The van der Waals surface area contributed by atoms with Crippen LogP contribution in [0.1, 0.15) is 36.3 Å². The first kappa shape index (κ1) is 14.8. The second-order valence-corrected chi connectivity index (χ2v) is 5.73. The van der Waals surface area contributed by atoms with E-state index >= 15 is 0 Å². The van der Waals surface area contributed by atoms with E-state index in [2.05, 4.69) is 29.2 Å². The van der Waals surface area contributed by atoms with Crippen molar-refractivity contribution in [1.82, 2.24) is 15.2 Å². The monoisotopic (exact) mass is 276 g/mol. The van der Waals surface area contributed by atoms with Crippen molar-refractivity contribution in [3.05, 3.63) is 23.4 Å². The number of hydrogen-bond donors (Lipinski definition) is 2. The average Bonchev–Trinajstić information content (AvgIpc) is 2.41. The molecule has 3 N–H and O–H groups in total. The lowest BCUT2D eigenvalue weighted by atomic mass is 9.94. The van der Waals surface area contributed by atoms with Gasteiger partial charge in [0.2, 0.25) is 0 Å². The summed E-state index contributed by atoms with van der Waals surface area (Å²) in [5.74, 6) is 0.823. The largest absolute Gasteiger partial charge is 0.384 e. The van der Waals surface area contributed by atoms with Crippen LogP contribution in [0.4, 0.5) is 5.82 Å². The van der Waals surface area contributed by atoms with Crippen LogP contribution in [0.3, 0.4) is 0 Å². The second kappa shape index (κ2) is 6.22. The Bertz CT molecular complexity index is 489. The number of aromatic nitrogens is 1. The molecule has 2 atom stereocenters. The van der Waals surface area contributed by atoms with Crippen LogP contribution in [0.25, 0.3) is 0 Å². The Balaban J connectivity index is 2.06. The van der Waals surface area contributed by atoms with E-state index < -0.39 is 0 Å². The lowest BCUT2D eigenvalue weighted by Gasteiger charge is -2.35. The standard InChI is InChI=1S/C15H24N4O/c1-4-12-7-11(8-14(16)17-12)15(20)18-13-5-6-19(3)9-10(13)2/h7-8,10,13H,4-6,9H2,1-3H3,(H2,16,17)(H,18,20). The molecule has 1 saturated heterocycles. The maximum atomic E-state index is 12.4. The Morgan fingerprint density at radius 1 is 1.55 bits per heavy atom. The highest BCUT2D eigenvalue weighted by atomic mass is 16.1. The van der Waals surface area contributed by atoms with Gasteiger partial charge in [0.05, 0.1) is 0 Å². The third-order valence-electron chi connectivity index (χ3n) is 3.95. The molecule has 0 radical (unpaired) electrons. The molecule has 2 unspecified atom stereocenters. The van der Waals surface area contributed by atoms with Gasteiger partial charge in [0.15, 0.2) is 0 Å². The van der Waals surface area contributed by atoms with Crippen molar-refractivity contribution in [3.63, 3.8) is 0 Å². The molecule has 2 heterocycles. The summed E-state index contributed by atoms with van der Waals surface area (Å²) in [6.45, 7) is 6.22. The van der Waals surface area contributed by atoms with Crippen LogP contribution < -0.4 is 11.1 Å². The van der Waals surface area contributed by atoms with Gasteiger partial charge in [-0.2, -0.15) is 0 Å². The van der Waals surface area contributed by atoms with Crippen LogP contribution in [0.2, 0.25) is 0 Å². The minimum atomic E-state index is -0.0461. The van der Waals surface area contributed by atoms with Crippen molar-refractivity contribution in [1.29, 1.82) is 0 Å². The van der Waals surface area contributed by atoms with Crippen LogP contribution in [0.5, 0.6) is 0 Å². The molecule has 0 bridgehead atoms. The number of likely N-dealkylation sites (tertiary alicyclic amines) is 1. The fourth-order valence-electron chi connectivity index (χ4n) is 2.74. The Kier molecular flexibility index (Phi) is 4.60. The fraction of sp³-hybridized carbons (Fsp3) is 0.600. The molecule has 5 heteroatoms. The molecular formula is C15H24N4O. The first-order chi connectivity index (χ1) is 9.49. The molecule has 110 valence electrons. The van der Waals surface area contributed by atoms with E-state index in [9.17, 15) is 4.79 Å². The lowest BCUT2D eigenvalue weighted by molar-refractivity contribution is 0.0883. The van der Waals surface area contributed by atoms with Crippen LogP contribution >= 0.6 is 0 Å². The van der Waals surface area contributed by atoms with Gasteiger partial charge in [-0.25, -0.2) is 4.98 Å². The molecule has 1 aliphatic heterocycles. The molecule has 1 amide bonds. The number of nitrogens with zero attached hydrogens (tertiary/aromatic N) is 2. The lowest BCUT2D eigenvalue weighted by Crippen LogP contribution is -2.48. The van der Waals surface area contributed by atoms with Crippen LogP contribution in [-0.4, -0.2) is 42.0 Å². The maximum absolute atomic E-state index is 12.4. The van der Waals surface area contributed by atoms with E-state index in [1.54, 1.807) is 6.07 Å². The van der Waals surface area contributed by atoms with Crippen LogP contribution in [0.15, 0.2) is 12.1 Å². The number of pyridine rings is 1. The summed E-state index contributed by atoms with van der Waals surface area (Å²) in [6, 6.07) is 3.71. The van der Waals surface area contributed by atoms with Crippen LogP contribution in [-0.2, 0) is 6.42 Å². The molecule has 0 aromatic carbocycles. The first-order valence-corrected chi connectivity index (χ1v) is 7.25. The van der Waals surface area contributed by atoms with Crippen molar-refractivity contribution >= 4 is 11.7 Å². The van der Waals surface area contributed by atoms with Crippen molar-refractivity contribution in [2.75, 3.05) is 25.9 Å². The fourth-order valence-corrected chi connectivity index (χ4v) is 2.74. The number of nitrogens with one attached hydrogen (secondary N) is 1. The Morgan fingerprint density at radius 3 is 2.95 bits per heavy atom. The van der Waals surface area contributed by atoms with E-state index in [0.29, 0.717) is 17.3 Å². The average molecular weight is 276 g/mol. The molecule has 2 rings (SSSR count). The van der Waals surface area contributed by atoms with E-state index in [0.717, 1.165) is 31.6 Å². The number of piperidine rings is 1. The van der Waals surface area contributed by atoms with Crippen molar-refractivity contribution in [3.8, 4) is 0 Å². The summed E-state index contributed by atoms with van der Waals surface area (Å²) in [4.78, 5) is 18.8. The van der Waals surface area contributed by atoms with Gasteiger partial charge >= 0.3 is 0 Å². The number of carbonyl (C=O) groups excluding carboxylic acids is 1. The predicted molar refractivity (Wildman–Crippen MR) is 80.6 cm³/mol. The van der Waals surface area contributed by atoms with E-state index in [1.807, 2.05) is 13.0 Å². The molecule has 1 aliphatic rings. The minimum Gasteiger partial charge on any atom is -0.384 e. The normalized spacial score (nSPS) is 23.6. The van der Waals surface area contributed by atoms with E-state index in [-0.39, 0.29) is 11.9 Å². The summed E-state index contributed by atoms with van der Waals surface area (Å²) in [5, 5.41) is 3.14. The molecule has 0 spiro atoms. The molecular weight excluding hydrogens is 252 g/mol. The topological polar surface area (TPSA) is 71.2 Å². The second-order valence-electron chi connectivity index (χ2n) is 5.73. The molecule has 1 fully saturated rings. The summed E-state index contributed by atoms with van der Waals surface area (Å²) >= 11 is 0. The number of anilines is 1. The molecule has 1 aromatic rings. The number of hydrogen-bond acceptors (Lipinski definition) is 4. The van der Waals surface area contributed by atoms with Gasteiger partial charge in [0, 0.05) is 23.8 Å². The Labute approximate surface area is 120 Å². The Morgan fingerprint density at radius 2 is 2.30 bits per heavy atom. The zero-order valence-corrected chi connectivity index (χ0v) is 12.5. The van der Waals surface area contributed by atoms with E-state index in [1.165, 1.54) is 0 Å². The highest BCUT2D eigenvalue weighted by Crippen LogP contribution is 2.16. The van der Waals surface area contributed by atoms with Crippen molar-refractivity contribution in [2.45, 2.75) is 32.7 Å². The highest BCUT2D eigenvalue weighted by molar-refractivity contribution is 5.95. The minimum absolute atomic E-state index is 0.0461. The van der Waals surface area contributed by atoms with Crippen molar-refractivity contribution in [2.24, 2.45) is 5.92 Å². The van der Waals surface area contributed by atoms with Gasteiger partial charge in [-0.05, 0) is 44.5 Å². The number of amides is 1. The van der Waals surface area contributed by atoms with E-state index in [4.69, 9.17) is 5.73 Å². The van der Waals surface area contributed by atoms with Crippen molar-refractivity contribution < 1.29 is 4.79 Å². The molecule has 5 nitrogen and oxygen atoms in total. The molecule has 1 aromatic heterocycles. The number of nitrogens with two attached hydrogens (primary N) is 1. The zero-order chi connectivity index (χ0) is 14.7. The number of carbonyl (C=O) groups is 1. The number of nitrogen functional groups attached to an aromatic ring is 1. The number of aryl methyl sites for hydroxylation is 1. The molecule has 0 saturated carbocycles. The molecule has 0 aliphatic carbocycles. The van der Waals surface area contributed by atoms with Gasteiger partial charge in [-0.15, -0.1) is 0 Å². The third kappa shape index (κ3) is 3.48. The third-order valence-corrected chi connectivity index (χ3v) is 3.95. The number of rotatable bonds is 3. The van der Waals surface area contributed by atoms with Gasteiger partial charge in [0.1, 0.15) is 5.82 Å². The smallest absolute Gasteiger partial charge is 0.251 e. The predicted octanol–water partition coefficient (Wildman–Crippen LogP) is 1.30. The van der Waals surface area contributed by atoms with Crippen LogP contribution in [0, 0.1) is 5.92 Å². The van der Waals surface area contributed by atoms with Gasteiger partial charge in [-0.3, -0.25) is 4.79 Å². The van der Waals surface area contributed by atoms with Gasteiger partial charge < -0.3 is 16.0 Å². The first-order valence-electron chi connectivity index (χ1n) is 7.25. The zero-order valence-electron chi connectivity index (χ0n) is 12.5. The van der Waals surface area contributed by atoms with Gasteiger partial charge in [0.25, 0.3) is 5.91 Å². The summed E-state index contributed by atoms with van der Waals surface area (Å²) in [7, 11) is 2.12. The Hall–Kier alpha value is -1.62. The summed E-state index contributed by atoms with van der Waals surface area (Å²) in [6.07, 6.45) is 1.76. The van der Waals surface area contributed by atoms with Gasteiger partial charge in [-0.1, -0.05) is 13.8 Å². The highest BCUT2D eigenvalue weighted by Gasteiger charge is 2.25. The molecule has 20 heavy (non-hydrogen) atoms.